The van der Waals surface area contributed by atoms with E-state index in [0.717, 1.165) is 32.1 Å². The standard InChI is InChI=1S/C18H32O5/c1-2-3-7-11-16(20)17(21)14-13-15(19)10-8-5-4-6-9-12-18(22)23/h3,7,13-17,19-21H,2,4-6,8-12H2,1H3,(H,22,23)/t15-,16-,17-/m0/s1. The van der Waals surface area contributed by atoms with Gasteiger partial charge in [-0.3, -0.25) is 4.79 Å². The van der Waals surface area contributed by atoms with E-state index in [-0.39, 0.29) is 6.42 Å². The third kappa shape index (κ3) is 14.2. The van der Waals surface area contributed by atoms with Gasteiger partial charge in [-0.05, 0) is 25.7 Å². The first kappa shape index (κ1) is 21.8. The molecule has 4 N–H and O–H groups in total. The monoisotopic (exact) mass is 328 g/mol. The minimum Gasteiger partial charge on any atom is -0.481 e. The Kier molecular flexibility index (Phi) is 13.7. The van der Waals surface area contributed by atoms with Crippen molar-refractivity contribution in [3.63, 3.8) is 0 Å². The molecule has 23 heavy (non-hydrogen) atoms. The van der Waals surface area contributed by atoms with Crippen LogP contribution in [0, 0.1) is 0 Å². The molecule has 3 atom stereocenters. The van der Waals surface area contributed by atoms with Crippen molar-refractivity contribution in [2.24, 2.45) is 0 Å². The van der Waals surface area contributed by atoms with Crippen molar-refractivity contribution in [1.82, 2.24) is 0 Å². The summed E-state index contributed by atoms with van der Waals surface area (Å²) in [5.74, 6) is -0.753. The molecule has 0 aromatic rings. The number of hydrogen-bond acceptors (Lipinski definition) is 4. The number of unbranched alkanes of at least 4 members (excludes halogenated alkanes) is 4. The molecule has 0 aromatic heterocycles. The Hall–Kier alpha value is -1.17. The smallest absolute Gasteiger partial charge is 0.303 e. The van der Waals surface area contributed by atoms with Gasteiger partial charge in [0.15, 0.2) is 0 Å². The summed E-state index contributed by atoms with van der Waals surface area (Å²) in [6.45, 7) is 2.00. The topological polar surface area (TPSA) is 98.0 Å². The average molecular weight is 328 g/mol. The van der Waals surface area contributed by atoms with E-state index in [2.05, 4.69) is 0 Å². The van der Waals surface area contributed by atoms with E-state index in [4.69, 9.17) is 5.11 Å². The lowest BCUT2D eigenvalue weighted by molar-refractivity contribution is -0.137. The second-order valence-electron chi connectivity index (χ2n) is 5.83. The van der Waals surface area contributed by atoms with Gasteiger partial charge < -0.3 is 20.4 Å². The van der Waals surface area contributed by atoms with Gasteiger partial charge in [0, 0.05) is 6.42 Å². The molecular formula is C18H32O5. The third-order valence-corrected chi connectivity index (χ3v) is 3.60. The van der Waals surface area contributed by atoms with E-state index >= 15 is 0 Å². The van der Waals surface area contributed by atoms with Crippen molar-refractivity contribution in [2.75, 3.05) is 0 Å². The summed E-state index contributed by atoms with van der Waals surface area (Å²) in [5, 5.41) is 37.8. The van der Waals surface area contributed by atoms with Crippen molar-refractivity contribution in [1.29, 1.82) is 0 Å². The zero-order chi connectivity index (χ0) is 17.5. The molecule has 0 aromatic carbocycles. The Morgan fingerprint density at radius 1 is 0.957 bits per heavy atom. The first-order valence-corrected chi connectivity index (χ1v) is 8.56. The summed E-state index contributed by atoms with van der Waals surface area (Å²) < 4.78 is 0. The van der Waals surface area contributed by atoms with Gasteiger partial charge in [-0.2, -0.15) is 0 Å². The van der Waals surface area contributed by atoms with E-state index in [1.165, 1.54) is 12.2 Å². The van der Waals surface area contributed by atoms with Gasteiger partial charge in [-0.25, -0.2) is 0 Å². The SMILES string of the molecule is CCC=CC[C@H](O)[C@@H](O)C=C[C@@H](O)CCCCCCCC(=O)O. The highest BCUT2D eigenvalue weighted by Crippen LogP contribution is 2.10. The molecule has 0 spiro atoms. The van der Waals surface area contributed by atoms with Crippen LogP contribution in [0.4, 0.5) is 0 Å². The molecule has 0 radical (unpaired) electrons. The maximum Gasteiger partial charge on any atom is 0.303 e. The van der Waals surface area contributed by atoms with E-state index in [0.29, 0.717) is 19.3 Å². The molecule has 5 heteroatoms. The van der Waals surface area contributed by atoms with Crippen molar-refractivity contribution in [2.45, 2.75) is 83.0 Å². The molecule has 0 bridgehead atoms. The maximum absolute atomic E-state index is 10.3. The van der Waals surface area contributed by atoms with Crippen LogP contribution in [0.5, 0.6) is 0 Å². The predicted octanol–water partition coefficient (Wildman–Crippen LogP) is 2.80. The maximum atomic E-state index is 10.3. The lowest BCUT2D eigenvalue weighted by Crippen LogP contribution is -2.23. The summed E-state index contributed by atoms with van der Waals surface area (Å²) in [5.41, 5.74) is 0. The number of aliphatic hydroxyl groups excluding tert-OH is 3. The quantitative estimate of drug-likeness (QED) is 0.290. The molecule has 0 saturated carbocycles. The first-order valence-electron chi connectivity index (χ1n) is 8.56. The van der Waals surface area contributed by atoms with Gasteiger partial charge in [0.05, 0.1) is 18.3 Å². The predicted molar refractivity (Wildman–Crippen MR) is 91.2 cm³/mol. The number of rotatable bonds is 14. The molecule has 0 aliphatic heterocycles. The average Bonchev–Trinajstić information content (AvgIpc) is 2.51. The molecule has 0 aliphatic rings. The number of carboxylic acids is 1. The molecule has 0 unspecified atom stereocenters. The first-order chi connectivity index (χ1) is 11.0. The van der Waals surface area contributed by atoms with Crippen molar-refractivity contribution in [3.05, 3.63) is 24.3 Å². The van der Waals surface area contributed by atoms with Gasteiger partial charge in [0.2, 0.25) is 0 Å². The summed E-state index contributed by atoms with van der Waals surface area (Å²) in [6, 6.07) is 0. The highest BCUT2D eigenvalue weighted by Gasteiger charge is 2.11. The molecule has 5 nitrogen and oxygen atoms in total. The highest BCUT2D eigenvalue weighted by molar-refractivity contribution is 5.66. The van der Waals surface area contributed by atoms with Crippen molar-refractivity contribution >= 4 is 5.97 Å². The van der Waals surface area contributed by atoms with Crippen LogP contribution in [0.1, 0.15) is 64.7 Å². The zero-order valence-corrected chi connectivity index (χ0v) is 14.1. The zero-order valence-electron chi connectivity index (χ0n) is 14.1. The second kappa shape index (κ2) is 14.4. The molecule has 0 amide bonds. The summed E-state index contributed by atoms with van der Waals surface area (Å²) in [6.07, 6.45) is 10.8. The van der Waals surface area contributed by atoms with Crippen LogP contribution in [0.3, 0.4) is 0 Å². The molecule has 0 aliphatic carbocycles. The number of carbonyl (C=O) groups is 1. The largest absolute Gasteiger partial charge is 0.481 e. The number of hydrogen-bond donors (Lipinski definition) is 4. The van der Waals surface area contributed by atoms with Crippen LogP contribution in [-0.4, -0.2) is 44.7 Å². The second-order valence-corrected chi connectivity index (χ2v) is 5.83. The van der Waals surface area contributed by atoms with Gasteiger partial charge in [0.1, 0.15) is 0 Å². The van der Waals surface area contributed by atoms with Crippen LogP contribution >= 0.6 is 0 Å². The van der Waals surface area contributed by atoms with Gasteiger partial charge in [0.25, 0.3) is 0 Å². The van der Waals surface area contributed by atoms with E-state index < -0.39 is 24.3 Å². The minimum atomic E-state index is -0.970. The van der Waals surface area contributed by atoms with Crippen molar-refractivity contribution < 1.29 is 25.2 Å². The lowest BCUT2D eigenvalue weighted by atomic mass is 10.0. The number of allylic oxidation sites excluding steroid dienone is 1. The Morgan fingerprint density at radius 2 is 1.61 bits per heavy atom. The lowest BCUT2D eigenvalue weighted by Gasteiger charge is -2.13. The fourth-order valence-corrected chi connectivity index (χ4v) is 2.17. The molecular weight excluding hydrogens is 296 g/mol. The van der Waals surface area contributed by atoms with E-state index in [1.807, 2.05) is 19.1 Å². The molecule has 134 valence electrons. The van der Waals surface area contributed by atoms with Gasteiger partial charge in [-0.15, -0.1) is 0 Å². The van der Waals surface area contributed by atoms with E-state index in [1.54, 1.807) is 0 Å². The van der Waals surface area contributed by atoms with Crippen LogP contribution in [0.2, 0.25) is 0 Å². The Bertz CT molecular complexity index is 351. The van der Waals surface area contributed by atoms with Crippen LogP contribution in [0.25, 0.3) is 0 Å². The number of aliphatic carboxylic acids is 1. The Morgan fingerprint density at radius 3 is 2.26 bits per heavy atom. The fraction of sp³-hybridized carbons (Fsp3) is 0.722. The summed E-state index contributed by atoms with van der Waals surface area (Å²) >= 11 is 0. The van der Waals surface area contributed by atoms with Crippen LogP contribution in [-0.2, 0) is 4.79 Å². The van der Waals surface area contributed by atoms with E-state index in [9.17, 15) is 20.1 Å². The molecule has 0 heterocycles. The molecule has 0 rings (SSSR count). The fourth-order valence-electron chi connectivity index (χ4n) is 2.17. The minimum absolute atomic E-state index is 0.221. The van der Waals surface area contributed by atoms with Gasteiger partial charge in [-0.1, -0.05) is 56.9 Å². The third-order valence-electron chi connectivity index (χ3n) is 3.60. The van der Waals surface area contributed by atoms with Gasteiger partial charge >= 0.3 is 5.97 Å². The normalized spacial score (nSPS) is 16.0. The Balaban J connectivity index is 3.72. The molecule has 0 saturated heterocycles. The number of aliphatic hydroxyl groups is 3. The van der Waals surface area contributed by atoms with Crippen molar-refractivity contribution in [3.8, 4) is 0 Å². The Labute approximate surface area is 139 Å². The van der Waals surface area contributed by atoms with Crippen LogP contribution in [0.15, 0.2) is 24.3 Å². The number of carboxylic acid groups (broad SMARTS) is 1. The summed E-state index contributed by atoms with van der Waals surface area (Å²) in [4.78, 5) is 10.3. The highest BCUT2D eigenvalue weighted by atomic mass is 16.4. The van der Waals surface area contributed by atoms with Crippen LogP contribution < -0.4 is 0 Å². The summed E-state index contributed by atoms with van der Waals surface area (Å²) in [7, 11) is 0. The molecule has 0 fully saturated rings.